The number of hydrogen-bond acceptors (Lipinski definition) is 3. The van der Waals surface area contributed by atoms with Crippen molar-refractivity contribution in [3.05, 3.63) is 40.3 Å². The molecule has 0 saturated carbocycles. The molecule has 0 bridgehead atoms. The molecule has 2 aromatic rings. The first-order chi connectivity index (χ1) is 9.34. The predicted octanol–water partition coefficient (Wildman–Crippen LogP) is 2.34. The van der Waals surface area contributed by atoms with E-state index in [1.807, 2.05) is 35.9 Å². The topological polar surface area (TPSA) is 46.9 Å². The first kappa shape index (κ1) is 14.7. The minimum absolute atomic E-state index is 0.00630. The van der Waals surface area contributed by atoms with Gasteiger partial charge < -0.3 is 9.88 Å². The minimum atomic E-state index is -0.00630. The van der Waals surface area contributed by atoms with Crippen molar-refractivity contribution in [1.82, 2.24) is 14.9 Å². The Balaban J connectivity index is 2.58. The van der Waals surface area contributed by atoms with Gasteiger partial charge in [0.15, 0.2) is 0 Å². The van der Waals surface area contributed by atoms with Crippen LogP contribution >= 0.6 is 0 Å². The van der Waals surface area contributed by atoms with Crippen LogP contribution in [0.25, 0.3) is 11.0 Å². The molecule has 0 saturated heterocycles. The largest absolute Gasteiger partial charge is 0.315 e. The predicted molar refractivity (Wildman–Crippen MR) is 83.0 cm³/mol. The Bertz CT molecular complexity index is 667. The average Bonchev–Trinajstić information content (AvgIpc) is 2.38. The number of rotatable bonds is 3. The zero-order valence-electron chi connectivity index (χ0n) is 12.9. The van der Waals surface area contributed by atoms with Gasteiger partial charge in [0, 0.05) is 12.6 Å². The number of benzene rings is 1. The monoisotopic (exact) mass is 273 g/mol. The number of fused-ring (bicyclic) bond motifs is 1. The van der Waals surface area contributed by atoms with Crippen molar-refractivity contribution in [2.45, 2.75) is 40.3 Å². The molecule has 20 heavy (non-hydrogen) atoms. The Morgan fingerprint density at radius 3 is 2.55 bits per heavy atom. The lowest BCUT2D eigenvalue weighted by atomic mass is 9.86. The third-order valence-electron chi connectivity index (χ3n) is 3.77. The lowest BCUT2D eigenvalue weighted by Crippen LogP contribution is -2.44. The molecule has 0 fully saturated rings. The maximum atomic E-state index is 12.4. The average molecular weight is 273 g/mol. The van der Waals surface area contributed by atoms with Crippen LogP contribution < -0.4 is 10.9 Å². The smallest absolute Gasteiger partial charge is 0.272 e. The third kappa shape index (κ3) is 2.75. The van der Waals surface area contributed by atoms with Crippen molar-refractivity contribution in [3.8, 4) is 0 Å². The SMILES string of the molecule is CNC(Cn1c(=O)c(C)nc2ccccc21)C(C)(C)C. The van der Waals surface area contributed by atoms with Crippen LogP contribution in [0.1, 0.15) is 26.5 Å². The Morgan fingerprint density at radius 2 is 1.95 bits per heavy atom. The van der Waals surface area contributed by atoms with Crippen LogP contribution in [-0.2, 0) is 6.54 Å². The van der Waals surface area contributed by atoms with E-state index in [-0.39, 0.29) is 17.0 Å². The molecule has 108 valence electrons. The van der Waals surface area contributed by atoms with Gasteiger partial charge in [-0.1, -0.05) is 32.9 Å². The van der Waals surface area contributed by atoms with Crippen LogP contribution in [0.3, 0.4) is 0 Å². The Morgan fingerprint density at radius 1 is 1.30 bits per heavy atom. The Kier molecular flexibility index (Phi) is 3.95. The molecule has 0 aliphatic carbocycles. The van der Waals surface area contributed by atoms with Crippen LogP contribution in [0.4, 0.5) is 0 Å². The first-order valence-corrected chi connectivity index (χ1v) is 6.98. The van der Waals surface area contributed by atoms with Gasteiger partial charge in [0.1, 0.15) is 5.69 Å². The van der Waals surface area contributed by atoms with Gasteiger partial charge in [-0.15, -0.1) is 0 Å². The standard InChI is InChI=1S/C16H23N3O/c1-11-15(20)19(10-14(17-5)16(2,3)4)13-9-7-6-8-12(13)18-11/h6-9,14,17H,10H2,1-5H3. The van der Waals surface area contributed by atoms with E-state index in [4.69, 9.17) is 0 Å². The second kappa shape index (κ2) is 5.37. The molecule has 1 heterocycles. The van der Waals surface area contributed by atoms with E-state index in [1.54, 1.807) is 6.92 Å². The number of nitrogens with one attached hydrogen (secondary N) is 1. The van der Waals surface area contributed by atoms with Gasteiger partial charge in [-0.2, -0.15) is 0 Å². The first-order valence-electron chi connectivity index (χ1n) is 6.98. The van der Waals surface area contributed by atoms with E-state index in [0.29, 0.717) is 12.2 Å². The molecule has 4 nitrogen and oxygen atoms in total. The Hall–Kier alpha value is -1.68. The molecule has 0 spiro atoms. The zero-order valence-corrected chi connectivity index (χ0v) is 12.9. The highest BCUT2D eigenvalue weighted by Crippen LogP contribution is 2.21. The molecule has 1 unspecified atom stereocenters. The summed E-state index contributed by atoms with van der Waals surface area (Å²) in [5.41, 5.74) is 2.38. The lowest BCUT2D eigenvalue weighted by Gasteiger charge is -2.31. The summed E-state index contributed by atoms with van der Waals surface area (Å²) in [6, 6.07) is 8.01. The highest BCUT2D eigenvalue weighted by Gasteiger charge is 2.24. The van der Waals surface area contributed by atoms with E-state index < -0.39 is 0 Å². The summed E-state index contributed by atoms with van der Waals surface area (Å²) in [5.74, 6) is 0. The lowest BCUT2D eigenvalue weighted by molar-refractivity contribution is 0.254. The van der Waals surface area contributed by atoms with E-state index in [0.717, 1.165) is 11.0 Å². The van der Waals surface area contributed by atoms with Gasteiger partial charge in [-0.25, -0.2) is 4.98 Å². The second-order valence-electron chi connectivity index (χ2n) is 6.31. The van der Waals surface area contributed by atoms with Gasteiger partial charge in [0.2, 0.25) is 0 Å². The van der Waals surface area contributed by atoms with Crippen molar-refractivity contribution in [2.24, 2.45) is 5.41 Å². The maximum Gasteiger partial charge on any atom is 0.272 e. The van der Waals surface area contributed by atoms with Crippen LogP contribution in [0, 0.1) is 12.3 Å². The minimum Gasteiger partial charge on any atom is -0.315 e. The van der Waals surface area contributed by atoms with Crippen molar-refractivity contribution < 1.29 is 0 Å². The quantitative estimate of drug-likeness (QED) is 0.933. The van der Waals surface area contributed by atoms with Crippen molar-refractivity contribution in [2.75, 3.05) is 7.05 Å². The van der Waals surface area contributed by atoms with Gasteiger partial charge in [0.25, 0.3) is 5.56 Å². The molecule has 0 aliphatic heterocycles. The van der Waals surface area contributed by atoms with Crippen LogP contribution in [0.15, 0.2) is 29.1 Å². The normalized spacial score (nSPS) is 13.7. The van der Waals surface area contributed by atoms with E-state index in [2.05, 4.69) is 31.1 Å². The highest BCUT2D eigenvalue weighted by atomic mass is 16.1. The second-order valence-corrected chi connectivity index (χ2v) is 6.31. The molecule has 2 rings (SSSR count). The number of aromatic nitrogens is 2. The number of likely N-dealkylation sites (N-methyl/N-ethyl adjacent to an activating group) is 1. The summed E-state index contributed by atoms with van der Waals surface area (Å²) < 4.78 is 1.84. The number of para-hydroxylation sites is 2. The zero-order chi connectivity index (χ0) is 14.9. The van der Waals surface area contributed by atoms with Crippen LogP contribution in [0.5, 0.6) is 0 Å². The maximum absolute atomic E-state index is 12.4. The molecular weight excluding hydrogens is 250 g/mol. The highest BCUT2D eigenvalue weighted by molar-refractivity contribution is 5.74. The number of aryl methyl sites for hydroxylation is 1. The van der Waals surface area contributed by atoms with E-state index in [9.17, 15) is 4.79 Å². The fourth-order valence-corrected chi connectivity index (χ4v) is 2.48. The van der Waals surface area contributed by atoms with Crippen LogP contribution in [-0.4, -0.2) is 22.6 Å². The third-order valence-corrected chi connectivity index (χ3v) is 3.77. The van der Waals surface area contributed by atoms with Gasteiger partial charge in [-0.05, 0) is 31.5 Å². The molecule has 0 aliphatic rings. The Labute approximate surface area is 119 Å². The summed E-state index contributed by atoms with van der Waals surface area (Å²) in [6.07, 6.45) is 0. The fraction of sp³-hybridized carbons (Fsp3) is 0.500. The van der Waals surface area contributed by atoms with E-state index in [1.165, 1.54) is 0 Å². The summed E-state index contributed by atoms with van der Waals surface area (Å²) in [4.78, 5) is 16.8. The fourth-order valence-electron chi connectivity index (χ4n) is 2.48. The molecule has 0 amide bonds. The van der Waals surface area contributed by atoms with E-state index >= 15 is 0 Å². The van der Waals surface area contributed by atoms with Gasteiger partial charge in [-0.3, -0.25) is 4.79 Å². The summed E-state index contributed by atoms with van der Waals surface area (Å²) in [6.45, 7) is 8.94. The van der Waals surface area contributed by atoms with Crippen molar-refractivity contribution in [1.29, 1.82) is 0 Å². The van der Waals surface area contributed by atoms with Gasteiger partial charge >= 0.3 is 0 Å². The molecule has 1 N–H and O–H groups in total. The summed E-state index contributed by atoms with van der Waals surface area (Å²) in [5, 5.41) is 3.32. The van der Waals surface area contributed by atoms with Crippen molar-refractivity contribution >= 4 is 11.0 Å². The summed E-state index contributed by atoms with van der Waals surface area (Å²) >= 11 is 0. The summed E-state index contributed by atoms with van der Waals surface area (Å²) in [7, 11) is 1.94. The molecular formula is C16H23N3O. The molecule has 1 aromatic carbocycles. The molecule has 1 aromatic heterocycles. The molecule has 0 radical (unpaired) electrons. The van der Waals surface area contributed by atoms with Crippen molar-refractivity contribution in [3.63, 3.8) is 0 Å². The van der Waals surface area contributed by atoms with Crippen LogP contribution in [0.2, 0.25) is 0 Å². The number of hydrogen-bond donors (Lipinski definition) is 1. The molecule has 1 atom stereocenters. The number of nitrogens with zero attached hydrogens (tertiary/aromatic N) is 2. The molecule has 4 heteroatoms. The van der Waals surface area contributed by atoms with Gasteiger partial charge in [0.05, 0.1) is 11.0 Å².